The van der Waals surface area contributed by atoms with E-state index in [-0.39, 0.29) is 5.39 Å². The maximum atomic E-state index is 13.3. The number of benzene rings is 1. The van der Waals surface area contributed by atoms with Crippen molar-refractivity contribution < 1.29 is 22.7 Å². The van der Waals surface area contributed by atoms with E-state index in [1.165, 1.54) is 0 Å². The van der Waals surface area contributed by atoms with E-state index in [2.05, 4.69) is 9.15 Å². The van der Waals surface area contributed by atoms with Gasteiger partial charge in [-0.3, -0.25) is 0 Å². The Labute approximate surface area is 93.4 Å². The normalized spacial score (nSPS) is 10.5. The molecule has 0 radical (unpaired) electrons. The summed E-state index contributed by atoms with van der Waals surface area (Å²) < 4.78 is 35.1. The Morgan fingerprint density at radius 1 is 1.29 bits per heavy atom. The van der Waals surface area contributed by atoms with Crippen molar-refractivity contribution in [1.82, 2.24) is 0 Å². The fourth-order valence-corrected chi connectivity index (χ4v) is 1.41. The van der Waals surface area contributed by atoms with Crippen LogP contribution in [-0.2, 0) is 4.74 Å². The monoisotopic (exact) mass is 240 g/mol. The molecule has 0 saturated carbocycles. The maximum Gasteiger partial charge on any atom is 0.351 e. The summed E-state index contributed by atoms with van der Waals surface area (Å²) in [6, 6.07) is 2.57. The molecule has 0 N–H and O–H groups in total. The molecule has 2 rings (SSSR count). The molecule has 0 spiro atoms. The summed E-state index contributed by atoms with van der Waals surface area (Å²) in [4.78, 5) is 22.5. The summed E-state index contributed by atoms with van der Waals surface area (Å²) >= 11 is 0. The largest absolute Gasteiger partial charge is 0.465 e. The van der Waals surface area contributed by atoms with Gasteiger partial charge in [-0.25, -0.2) is 18.4 Å². The zero-order valence-electron chi connectivity index (χ0n) is 8.62. The van der Waals surface area contributed by atoms with E-state index in [1.807, 2.05) is 0 Å². The van der Waals surface area contributed by atoms with Gasteiger partial charge in [-0.05, 0) is 12.1 Å². The van der Waals surface area contributed by atoms with Crippen LogP contribution in [0.15, 0.2) is 27.4 Å². The number of ether oxygens (including phenoxy) is 1. The first kappa shape index (κ1) is 11.3. The average Bonchev–Trinajstić information content (AvgIpc) is 2.28. The summed E-state index contributed by atoms with van der Waals surface area (Å²) in [6.45, 7) is 0. The number of hydrogen-bond acceptors (Lipinski definition) is 4. The molecular formula is C11H6F2O4. The van der Waals surface area contributed by atoms with Gasteiger partial charge in [-0.1, -0.05) is 0 Å². The second kappa shape index (κ2) is 3.97. The van der Waals surface area contributed by atoms with Crippen LogP contribution in [0.25, 0.3) is 11.0 Å². The minimum absolute atomic E-state index is 0.0255. The van der Waals surface area contributed by atoms with Gasteiger partial charge in [0.15, 0.2) is 11.4 Å². The fraction of sp³-hybridized carbons (Fsp3) is 0.0909. The first-order valence-corrected chi connectivity index (χ1v) is 4.54. The van der Waals surface area contributed by atoms with Crippen LogP contribution in [0.4, 0.5) is 8.78 Å². The summed E-state index contributed by atoms with van der Waals surface area (Å²) in [5.41, 5.74) is -1.84. The Bertz CT molecular complexity index is 660. The van der Waals surface area contributed by atoms with E-state index in [0.717, 1.165) is 19.2 Å². The van der Waals surface area contributed by atoms with Crippen molar-refractivity contribution in [1.29, 1.82) is 0 Å². The zero-order chi connectivity index (χ0) is 12.6. The molecule has 0 aliphatic carbocycles. The molecule has 0 amide bonds. The molecule has 1 aromatic carbocycles. The Balaban J connectivity index is 2.81. The van der Waals surface area contributed by atoms with Gasteiger partial charge in [-0.15, -0.1) is 0 Å². The molecule has 0 bridgehead atoms. The van der Waals surface area contributed by atoms with Crippen LogP contribution in [0, 0.1) is 11.6 Å². The number of fused-ring (bicyclic) bond motifs is 1. The van der Waals surface area contributed by atoms with Crippen LogP contribution in [0.3, 0.4) is 0 Å². The second-order valence-corrected chi connectivity index (χ2v) is 3.25. The highest BCUT2D eigenvalue weighted by Crippen LogP contribution is 2.19. The van der Waals surface area contributed by atoms with E-state index in [9.17, 15) is 18.4 Å². The van der Waals surface area contributed by atoms with Crippen molar-refractivity contribution in [3.05, 3.63) is 45.8 Å². The van der Waals surface area contributed by atoms with E-state index < -0.39 is 34.4 Å². The molecule has 0 saturated heterocycles. The van der Waals surface area contributed by atoms with Gasteiger partial charge in [0, 0.05) is 11.5 Å². The lowest BCUT2D eigenvalue weighted by atomic mass is 10.2. The molecule has 1 heterocycles. The number of carbonyl (C=O) groups excluding carboxylic acids is 1. The summed E-state index contributed by atoms with van der Waals surface area (Å²) in [5.74, 6) is -2.77. The minimum Gasteiger partial charge on any atom is -0.465 e. The lowest BCUT2D eigenvalue weighted by Gasteiger charge is -2.01. The van der Waals surface area contributed by atoms with Gasteiger partial charge in [0.25, 0.3) is 0 Å². The van der Waals surface area contributed by atoms with Crippen LogP contribution in [0.2, 0.25) is 0 Å². The first-order valence-electron chi connectivity index (χ1n) is 4.54. The van der Waals surface area contributed by atoms with E-state index >= 15 is 0 Å². The fourth-order valence-electron chi connectivity index (χ4n) is 1.41. The lowest BCUT2D eigenvalue weighted by Crippen LogP contribution is -2.15. The first-order chi connectivity index (χ1) is 8.02. The van der Waals surface area contributed by atoms with Crippen LogP contribution >= 0.6 is 0 Å². The molecule has 2 aromatic rings. The number of esters is 1. The Kier molecular flexibility index (Phi) is 2.63. The average molecular weight is 240 g/mol. The second-order valence-electron chi connectivity index (χ2n) is 3.25. The number of carbonyl (C=O) groups is 1. The molecule has 0 fully saturated rings. The molecule has 0 aliphatic rings. The van der Waals surface area contributed by atoms with Crippen molar-refractivity contribution in [2.24, 2.45) is 0 Å². The topological polar surface area (TPSA) is 56.5 Å². The highest BCUT2D eigenvalue weighted by Gasteiger charge is 2.16. The quantitative estimate of drug-likeness (QED) is 0.564. The molecule has 17 heavy (non-hydrogen) atoms. The third kappa shape index (κ3) is 1.89. The van der Waals surface area contributed by atoms with Gasteiger partial charge in [-0.2, -0.15) is 0 Å². The van der Waals surface area contributed by atoms with Crippen LogP contribution in [0.1, 0.15) is 10.4 Å². The van der Waals surface area contributed by atoms with Crippen molar-refractivity contribution in [2.45, 2.75) is 0 Å². The molecule has 0 atom stereocenters. The minimum atomic E-state index is -1.03. The molecule has 0 aliphatic heterocycles. The van der Waals surface area contributed by atoms with E-state index in [1.54, 1.807) is 0 Å². The third-order valence-electron chi connectivity index (χ3n) is 2.16. The predicted molar refractivity (Wildman–Crippen MR) is 53.7 cm³/mol. The van der Waals surface area contributed by atoms with E-state index in [4.69, 9.17) is 0 Å². The zero-order valence-corrected chi connectivity index (χ0v) is 8.62. The molecule has 88 valence electrons. The van der Waals surface area contributed by atoms with Gasteiger partial charge in [0.1, 0.15) is 11.4 Å². The maximum absolute atomic E-state index is 13.3. The summed E-state index contributed by atoms with van der Waals surface area (Å²) in [5, 5.41) is -0.0255. The van der Waals surface area contributed by atoms with Crippen LogP contribution < -0.4 is 5.63 Å². The van der Waals surface area contributed by atoms with Gasteiger partial charge >= 0.3 is 11.6 Å². The van der Waals surface area contributed by atoms with Gasteiger partial charge < -0.3 is 9.15 Å². The van der Waals surface area contributed by atoms with Crippen LogP contribution in [-0.4, -0.2) is 13.1 Å². The standard InChI is InChI=1S/C11H6F2O4/c1-16-10(14)7-3-5-2-6(12)4-8(13)9(5)17-11(7)15/h2-4H,1H3. The Hall–Kier alpha value is -2.24. The molecular weight excluding hydrogens is 234 g/mol. The Morgan fingerprint density at radius 3 is 2.65 bits per heavy atom. The Morgan fingerprint density at radius 2 is 2.00 bits per heavy atom. The SMILES string of the molecule is COC(=O)c1cc2cc(F)cc(F)c2oc1=O. The lowest BCUT2D eigenvalue weighted by molar-refractivity contribution is 0.0596. The number of methoxy groups -OCH3 is 1. The molecule has 1 aromatic heterocycles. The smallest absolute Gasteiger partial charge is 0.351 e. The highest BCUT2D eigenvalue weighted by atomic mass is 19.1. The van der Waals surface area contributed by atoms with Crippen LogP contribution in [0.5, 0.6) is 0 Å². The van der Waals surface area contributed by atoms with Crippen molar-refractivity contribution in [2.75, 3.05) is 7.11 Å². The predicted octanol–water partition coefficient (Wildman–Crippen LogP) is 1.86. The third-order valence-corrected chi connectivity index (χ3v) is 2.16. The van der Waals surface area contributed by atoms with Gasteiger partial charge in [0.05, 0.1) is 7.11 Å². The van der Waals surface area contributed by atoms with Crippen molar-refractivity contribution in [3.63, 3.8) is 0 Å². The molecule has 4 nitrogen and oxygen atoms in total. The molecule has 0 unspecified atom stereocenters. The number of rotatable bonds is 1. The number of halogens is 2. The highest BCUT2D eigenvalue weighted by molar-refractivity contribution is 5.92. The molecule has 6 heteroatoms. The number of hydrogen-bond donors (Lipinski definition) is 0. The van der Waals surface area contributed by atoms with Crippen molar-refractivity contribution >= 4 is 16.9 Å². The van der Waals surface area contributed by atoms with E-state index in [0.29, 0.717) is 6.07 Å². The summed E-state index contributed by atoms with van der Waals surface area (Å²) in [6.07, 6.45) is 0. The van der Waals surface area contributed by atoms with Crippen molar-refractivity contribution in [3.8, 4) is 0 Å². The van der Waals surface area contributed by atoms with Gasteiger partial charge in [0.2, 0.25) is 0 Å². The summed E-state index contributed by atoms with van der Waals surface area (Å²) in [7, 11) is 1.08.